The number of carbonyl (C=O) groups excluding carboxylic acids is 1. The van der Waals surface area contributed by atoms with Crippen molar-refractivity contribution in [2.75, 3.05) is 11.9 Å². The Morgan fingerprint density at radius 2 is 1.68 bits per heavy atom. The van der Waals surface area contributed by atoms with Crippen LogP contribution in [0.5, 0.6) is 11.5 Å². The van der Waals surface area contributed by atoms with Crippen molar-refractivity contribution < 1.29 is 14.3 Å². The lowest BCUT2D eigenvalue weighted by molar-refractivity contribution is -0.118. The zero-order valence-corrected chi connectivity index (χ0v) is 15.9. The van der Waals surface area contributed by atoms with Crippen LogP contribution in [-0.4, -0.2) is 18.6 Å². The predicted molar refractivity (Wildman–Crippen MR) is 111 cm³/mol. The summed E-state index contributed by atoms with van der Waals surface area (Å²) in [6.07, 6.45) is 0. The molecule has 0 aromatic heterocycles. The SMILES string of the molecule is NC(COCc1ccccc1)C(=O)Nc1ccc(Oc2ccccc2)c(Cl)c1. The molecule has 3 N–H and O–H groups in total. The third-order valence-electron chi connectivity index (χ3n) is 3.92. The van der Waals surface area contributed by atoms with E-state index in [4.69, 9.17) is 26.8 Å². The fourth-order valence-electron chi connectivity index (χ4n) is 2.47. The van der Waals surface area contributed by atoms with Gasteiger partial charge in [0.15, 0.2) is 0 Å². The summed E-state index contributed by atoms with van der Waals surface area (Å²) in [5, 5.41) is 3.12. The number of halogens is 1. The summed E-state index contributed by atoms with van der Waals surface area (Å²) in [6.45, 7) is 0.517. The maximum Gasteiger partial charge on any atom is 0.243 e. The van der Waals surface area contributed by atoms with Crippen molar-refractivity contribution in [3.63, 3.8) is 0 Å². The lowest BCUT2D eigenvalue weighted by atomic mass is 10.2. The third kappa shape index (κ3) is 5.82. The van der Waals surface area contributed by atoms with E-state index in [1.807, 2.05) is 60.7 Å². The highest BCUT2D eigenvalue weighted by Gasteiger charge is 2.15. The van der Waals surface area contributed by atoms with Crippen molar-refractivity contribution in [3.8, 4) is 11.5 Å². The van der Waals surface area contributed by atoms with Gasteiger partial charge in [0.25, 0.3) is 0 Å². The second kappa shape index (κ2) is 9.90. The maximum atomic E-state index is 12.3. The molecule has 3 aromatic carbocycles. The van der Waals surface area contributed by atoms with E-state index >= 15 is 0 Å². The molecule has 1 amide bonds. The van der Waals surface area contributed by atoms with Crippen molar-refractivity contribution >= 4 is 23.2 Å². The largest absolute Gasteiger partial charge is 0.456 e. The molecule has 0 saturated carbocycles. The Balaban J connectivity index is 1.51. The summed E-state index contributed by atoms with van der Waals surface area (Å²) in [7, 11) is 0. The first-order valence-corrected chi connectivity index (χ1v) is 9.20. The Hall–Kier alpha value is -2.86. The maximum absolute atomic E-state index is 12.3. The molecule has 0 saturated heterocycles. The molecule has 3 rings (SSSR count). The van der Waals surface area contributed by atoms with Crippen LogP contribution in [0.15, 0.2) is 78.9 Å². The molecule has 28 heavy (non-hydrogen) atoms. The fourth-order valence-corrected chi connectivity index (χ4v) is 2.68. The van der Waals surface area contributed by atoms with Crippen LogP contribution in [-0.2, 0) is 16.1 Å². The van der Waals surface area contributed by atoms with Crippen LogP contribution in [0.3, 0.4) is 0 Å². The van der Waals surface area contributed by atoms with Crippen LogP contribution >= 0.6 is 11.6 Å². The average molecular weight is 397 g/mol. The number of para-hydroxylation sites is 1. The Morgan fingerprint density at radius 1 is 1.00 bits per heavy atom. The molecule has 0 fully saturated rings. The Labute approximate surface area is 169 Å². The summed E-state index contributed by atoms with van der Waals surface area (Å²) in [4.78, 5) is 12.3. The van der Waals surface area contributed by atoms with Gasteiger partial charge in [0.05, 0.1) is 18.2 Å². The number of anilines is 1. The van der Waals surface area contributed by atoms with Gasteiger partial charge < -0.3 is 20.5 Å². The lowest BCUT2D eigenvalue weighted by Crippen LogP contribution is -2.39. The van der Waals surface area contributed by atoms with E-state index in [0.717, 1.165) is 5.56 Å². The molecule has 3 aromatic rings. The summed E-state index contributed by atoms with van der Waals surface area (Å²) < 4.78 is 11.2. The Morgan fingerprint density at radius 3 is 2.36 bits per heavy atom. The van der Waals surface area contributed by atoms with E-state index in [0.29, 0.717) is 28.8 Å². The number of nitrogens with one attached hydrogen (secondary N) is 1. The van der Waals surface area contributed by atoms with E-state index in [1.54, 1.807) is 18.2 Å². The molecule has 0 bridgehead atoms. The number of hydrogen-bond donors (Lipinski definition) is 2. The topological polar surface area (TPSA) is 73.6 Å². The molecule has 0 spiro atoms. The van der Waals surface area contributed by atoms with Crippen molar-refractivity contribution in [1.82, 2.24) is 0 Å². The van der Waals surface area contributed by atoms with Gasteiger partial charge in [0.1, 0.15) is 17.5 Å². The monoisotopic (exact) mass is 396 g/mol. The summed E-state index contributed by atoms with van der Waals surface area (Å²) in [5.74, 6) is 0.834. The highest BCUT2D eigenvalue weighted by atomic mass is 35.5. The number of nitrogens with two attached hydrogens (primary N) is 1. The standard InChI is InChI=1S/C22H21ClN2O3/c23-19-13-17(11-12-21(19)28-18-9-5-2-6-10-18)25-22(26)20(24)15-27-14-16-7-3-1-4-8-16/h1-13,20H,14-15,24H2,(H,25,26). The van der Waals surface area contributed by atoms with E-state index in [2.05, 4.69) is 5.32 Å². The molecular weight excluding hydrogens is 376 g/mol. The van der Waals surface area contributed by atoms with Gasteiger partial charge >= 0.3 is 0 Å². The molecule has 0 radical (unpaired) electrons. The van der Waals surface area contributed by atoms with Gasteiger partial charge in [-0.1, -0.05) is 60.1 Å². The van der Waals surface area contributed by atoms with E-state index in [1.165, 1.54) is 0 Å². The summed E-state index contributed by atoms with van der Waals surface area (Å²) in [5.41, 5.74) is 7.46. The zero-order chi connectivity index (χ0) is 19.8. The Kier molecular flexibility index (Phi) is 7.03. The molecular formula is C22H21ClN2O3. The molecule has 6 heteroatoms. The van der Waals surface area contributed by atoms with Crippen molar-refractivity contribution in [3.05, 3.63) is 89.4 Å². The van der Waals surface area contributed by atoms with Gasteiger partial charge in [-0.3, -0.25) is 4.79 Å². The van der Waals surface area contributed by atoms with E-state index < -0.39 is 6.04 Å². The first-order chi connectivity index (χ1) is 13.6. The van der Waals surface area contributed by atoms with Crippen LogP contribution in [0.4, 0.5) is 5.69 Å². The minimum absolute atomic E-state index is 0.115. The molecule has 144 valence electrons. The van der Waals surface area contributed by atoms with Crippen LogP contribution < -0.4 is 15.8 Å². The minimum Gasteiger partial charge on any atom is -0.456 e. The molecule has 1 atom stereocenters. The second-order valence-corrected chi connectivity index (χ2v) is 6.56. The minimum atomic E-state index is -0.789. The summed E-state index contributed by atoms with van der Waals surface area (Å²) >= 11 is 6.26. The van der Waals surface area contributed by atoms with Gasteiger partial charge in [-0.15, -0.1) is 0 Å². The number of carbonyl (C=O) groups is 1. The predicted octanol–water partition coefficient (Wildman–Crippen LogP) is 4.61. The molecule has 0 aliphatic carbocycles. The van der Waals surface area contributed by atoms with Crippen molar-refractivity contribution in [2.24, 2.45) is 5.73 Å². The van der Waals surface area contributed by atoms with Crippen molar-refractivity contribution in [2.45, 2.75) is 12.6 Å². The first-order valence-electron chi connectivity index (χ1n) is 8.82. The third-order valence-corrected chi connectivity index (χ3v) is 4.21. The van der Waals surface area contributed by atoms with Crippen LogP contribution in [0, 0.1) is 0 Å². The van der Waals surface area contributed by atoms with Gasteiger partial charge in [-0.2, -0.15) is 0 Å². The fraction of sp³-hybridized carbons (Fsp3) is 0.136. The number of ether oxygens (including phenoxy) is 2. The highest BCUT2D eigenvalue weighted by molar-refractivity contribution is 6.32. The van der Waals surface area contributed by atoms with Crippen molar-refractivity contribution in [1.29, 1.82) is 0 Å². The molecule has 5 nitrogen and oxygen atoms in total. The van der Waals surface area contributed by atoms with Crippen LogP contribution in [0.1, 0.15) is 5.56 Å². The number of hydrogen-bond acceptors (Lipinski definition) is 4. The molecule has 1 unspecified atom stereocenters. The molecule has 0 aliphatic heterocycles. The lowest BCUT2D eigenvalue weighted by Gasteiger charge is -2.14. The number of benzene rings is 3. The van der Waals surface area contributed by atoms with Gasteiger partial charge in [0, 0.05) is 5.69 Å². The first kappa shape index (κ1) is 19.9. The Bertz CT molecular complexity index is 904. The van der Waals surface area contributed by atoms with E-state index in [-0.39, 0.29) is 12.5 Å². The van der Waals surface area contributed by atoms with Gasteiger partial charge in [-0.25, -0.2) is 0 Å². The van der Waals surface area contributed by atoms with Crippen LogP contribution in [0.25, 0.3) is 0 Å². The second-order valence-electron chi connectivity index (χ2n) is 6.16. The quantitative estimate of drug-likeness (QED) is 0.583. The van der Waals surface area contributed by atoms with Gasteiger partial charge in [-0.05, 0) is 35.9 Å². The van der Waals surface area contributed by atoms with Crippen LogP contribution in [0.2, 0.25) is 5.02 Å². The number of amides is 1. The zero-order valence-electron chi connectivity index (χ0n) is 15.2. The van der Waals surface area contributed by atoms with Gasteiger partial charge in [0.2, 0.25) is 5.91 Å². The smallest absolute Gasteiger partial charge is 0.243 e. The number of rotatable bonds is 8. The molecule has 0 aliphatic rings. The average Bonchev–Trinajstić information content (AvgIpc) is 2.71. The normalized spacial score (nSPS) is 11.6. The molecule has 0 heterocycles. The summed E-state index contributed by atoms with van der Waals surface area (Å²) in [6, 6.07) is 23.3. The van der Waals surface area contributed by atoms with E-state index in [9.17, 15) is 4.79 Å². The highest BCUT2D eigenvalue weighted by Crippen LogP contribution is 2.31.